The van der Waals surface area contributed by atoms with Crippen molar-refractivity contribution in [2.24, 2.45) is 23.5 Å². The van der Waals surface area contributed by atoms with Crippen LogP contribution in [0.5, 0.6) is 0 Å². The zero-order valence-corrected chi connectivity index (χ0v) is 7.30. The molecule has 0 aromatic rings. The monoisotopic (exact) mass is 141 g/mol. The molecule has 1 rings (SSSR count). The SMILES string of the molecule is CCC(C)C1CC1C(C)N. The second-order valence-electron chi connectivity index (χ2n) is 3.81. The fourth-order valence-electron chi connectivity index (χ4n) is 1.80. The first-order valence-electron chi connectivity index (χ1n) is 4.42. The number of nitrogens with two attached hydrogens (primary N) is 1. The van der Waals surface area contributed by atoms with Gasteiger partial charge in [0.25, 0.3) is 0 Å². The lowest BCUT2D eigenvalue weighted by atomic mass is 10.00. The van der Waals surface area contributed by atoms with Gasteiger partial charge >= 0.3 is 0 Å². The highest BCUT2D eigenvalue weighted by molar-refractivity contribution is 4.93. The predicted octanol–water partition coefficient (Wildman–Crippen LogP) is 2.02. The summed E-state index contributed by atoms with van der Waals surface area (Å²) in [5.41, 5.74) is 5.78. The molecule has 0 saturated heterocycles. The van der Waals surface area contributed by atoms with Crippen LogP contribution in [0.15, 0.2) is 0 Å². The smallest absolute Gasteiger partial charge is 0.00416 e. The Labute approximate surface area is 64.0 Å². The van der Waals surface area contributed by atoms with Gasteiger partial charge in [-0.3, -0.25) is 0 Å². The summed E-state index contributed by atoms with van der Waals surface area (Å²) in [5.74, 6) is 2.69. The molecule has 0 heterocycles. The van der Waals surface area contributed by atoms with Crippen LogP contribution in [-0.2, 0) is 0 Å². The van der Waals surface area contributed by atoms with Gasteiger partial charge in [0.05, 0.1) is 0 Å². The lowest BCUT2D eigenvalue weighted by molar-refractivity contribution is 0.439. The second kappa shape index (κ2) is 2.91. The summed E-state index contributed by atoms with van der Waals surface area (Å²) in [6.07, 6.45) is 2.70. The van der Waals surface area contributed by atoms with E-state index in [2.05, 4.69) is 20.8 Å². The molecule has 1 aliphatic carbocycles. The van der Waals surface area contributed by atoms with Gasteiger partial charge in [-0.15, -0.1) is 0 Å². The van der Waals surface area contributed by atoms with E-state index in [0.29, 0.717) is 6.04 Å². The van der Waals surface area contributed by atoms with Crippen molar-refractivity contribution in [2.45, 2.75) is 39.7 Å². The molecule has 1 saturated carbocycles. The topological polar surface area (TPSA) is 26.0 Å². The Morgan fingerprint density at radius 2 is 2.00 bits per heavy atom. The van der Waals surface area contributed by atoms with E-state index in [0.717, 1.165) is 17.8 Å². The Kier molecular flexibility index (Phi) is 2.35. The van der Waals surface area contributed by atoms with Crippen molar-refractivity contribution in [1.29, 1.82) is 0 Å². The fraction of sp³-hybridized carbons (Fsp3) is 1.00. The lowest BCUT2D eigenvalue weighted by Crippen LogP contribution is -2.19. The van der Waals surface area contributed by atoms with Crippen LogP contribution in [0.4, 0.5) is 0 Å². The van der Waals surface area contributed by atoms with E-state index in [4.69, 9.17) is 5.73 Å². The third kappa shape index (κ3) is 1.51. The third-order valence-corrected chi connectivity index (χ3v) is 2.94. The minimum Gasteiger partial charge on any atom is -0.328 e. The van der Waals surface area contributed by atoms with Crippen LogP contribution in [0.2, 0.25) is 0 Å². The molecule has 0 spiro atoms. The molecule has 1 fully saturated rings. The van der Waals surface area contributed by atoms with E-state index in [-0.39, 0.29) is 0 Å². The first kappa shape index (κ1) is 8.06. The molecule has 1 heteroatoms. The van der Waals surface area contributed by atoms with Crippen molar-refractivity contribution >= 4 is 0 Å². The third-order valence-electron chi connectivity index (χ3n) is 2.94. The van der Waals surface area contributed by atoms with E-state index >= 15 is 0 Å². The van der Waals surface area contributed by atoms with E-state index in [1.165, 1.54) is 12.8 Å². The van der Waals surface area contributed by atoms with Crippen LogP contribution in [0.3, 0.4) is 0 Å². The molecule has 0 aromatic heterocycles. The first-order valence-corrected chi connectivity index (χ1v) is 4.42. The average Bonchev–Trinajstić information content (AvgIpc) is 2.64. The summed E-state index contributed by atoms with van der Waals surface area (Å²) in [5, 5.41) is 0. The van der Waals surface area contributed by atoms with Crippen LogP contribution in [0.1, 0.15) is 33.6 Å². The van der Waals surface area contributed by atoms with Gasteiger partial charge in [0.15, 0.2) is 0 Å². The van der Waals surface area contributed by atoms with Crippen molar-refractivity contribution in [3.05, 3.63) is 0 Å². The molecular formula is C9H19N. The predicted molar refractivity (Wildman–Crippen MR) is 44.7 cm³/mol. The molecule has 4 unspecified atom stereocenters. The molecule has 0 bridgehead atoms. The summed E-state index contributed by atoms with van der Waals surface area (Å²) >= 11 is 0. The highest BCUT2D eigenvalue weighted by Gasteiger charge is 2.42. The van der Waals surface area contributed by atoms with Gasteiger partial charge in [0.1, 0.15) is 0 Å². The molecule has 4 atom stereocenters. The zero-order valence-electron chi connectivity index (χ0n) is 7.30. The second-order valence-corrected chi connectivity index (χ2v) is 3.81. The maximum absolute atomic E-state index is 5.78. The van der Waals surface area contributed by atoms with Crippen LogP contribution in [0.25, 0.3) is 0 Å². The Morgan fingerprint density at radius 1 is 1.40 bits per heavy atom. The van der Waals surface area contributed by atoms with E-state index < -0.39 is 0 Å². The maximum Gasteiger partial charge on any atom is 0.00416 e. The molecule has 0 amide bonds. The molecule has 2 N–H and O–H groups in total. The van der Waals surface area contributed by atoms with Crippen LogP contribution in [-0.4, -0.2) is 6.04 Å². The van der Waals surface area contributed by atoms with Crippen LogP contribution >= 0.6 is 0 Å². The highest BCUT2D eigenvalue weighted by atomic mass is 14.7. The van der Waals surface area contributed by atoms with E-state index in [9.17, 15) is 0 Å². The lowest BCUT2D eigenvalue weighted by Gasteiger charge is -2.08. The molecule has 1 aliphatic rings. The summed E-state index contributed by atoms with van der Waals surface area (Å²) in [7, 11) is 0. The van der Waals surface area contributed by atoms with Crippen LogP contribution < -0.4 is 5.73 Å². The Hall–Kier alpha value is -0.0400. The Morgan fingerprint density at radius 3 is 2.30 bits per heavy atom. The van der Waals surface area contributed by atoms with Gasteiger partial charge < -0.3 is 5.73 Å². The zero-order chi connectivity index (χ0) is 7.72. The Bertz CT molecular complexity index is 109. The van der Waals surface area contributed by atoms with Gasteiger partial charge in [-0.25, -0.2) is 0 Å². The van der Waals surface area contributed by atoms with Gasteiger partial charge in [-0.2, -0.15) is 0 Å². The molecule has 10 heavy (non-hydrogen) atoms. The fourth-order valence-corrected chi connectivity index (χ4v) is 1.80. The number of hydrogen-bond donors (Lipinski definition) is 1. The summed E-state index contributed by atoms with van der Waals surface area (Å²) in [6, 6.07) is 0.430. The minimum absolute atomic E-state index is 0.430. The molecule has 1 nitrogen and oxygen atoms in total. The van der Waals surface area contributed by atoms with Gasteiger partial charge in [0, 0.05) is 6.04 Å². The highest BCUT2D eigenvalue weighted by Crippen LogP contribution is 2.46. The van der Waals surface area contributed by atoms with E-state index in [1.807, 2.05) is 0 Å². The van der Waals surface area contributed by atoms with Crippen molar-refractivity contribution in [3.63, 3.8) is 0 Å². The molecule has 0 aliphatic heterocycles. The van der Waals surface area contributed by atoms with E-state index in [1.54, 1.807) is 0 Å². The van der Waals surface area contributed by atoms with Crippen molar-refractivity contribution in [2.75, 3.05) is 0 Å². The van der Waals surface area contributed by atoms with Crippen LogP contribution in [0, 0.1) is 17.8 Å². The molecule has 0 aromatic carbocycles. The average molecular weight is 141 g/mol. The standard InChI is InChI=1S/C9H19N/c1-4-6(2)8-5-9(8)7(3)10/h6-9H,4-5,10H2,1-3H3. The van der Waals surface area contributed by atoms with Gasteiger partial charge in [-0.1, -0.05) is 20.3 Å². The summed E-state index contributed by atoms with van der Waals surface area (Å²) in [4.78, 5) is 0. The number of hydrogen-bond acceptors (Lipinski definition) is 1. The molecular weight excluding hydrogens is 122 g/mol. The van der Waals surface area contributed by atoms with Gasteiger partial charge in [-0.05, 0) is 31.1 Å². The maximum atomic E-state index is 5.78. The Balaban J connectivity index is 2.24. The summed E-state index contributed by atoms with van der Waals surface area (Å²) in [6.45, 7) is 6.74. The normalized spacial score (nSPS) is 37.2. The van der Waals surface area contributed by atoms with Crippen molar-refractivity contribution in [3.8, 4) is 0 Å². The summed E-state index contributed by atoms with van der Waals surface area (Å²) < 4.78 is 0. The van der Waals surface area contributed by atoms with Gasteiger partial charge in [0.2, 0.25) is 0 Å². The molecule has 0 radical (unpaired) electrons. The first-order chi connectivity index (χ1) is 4.66. The number of rotatable bonds is 3. The van der Waals surface area contributed by atoms with Crippen molar-refractivity contribution < 1.29 is 0 Å². The quantitative estimate of drug-likeness (QED) is 0.639. The van der Waals surface area contributed by atoms with Crippen molar-refractivity contribution in [1.82, 2.24) is 0 Å². The molecule has 60 valence electrons. The minimum atomic E-state index is 0.430. The largest absolute Gasteiger partial charge is 0.328 e.